The predicted octanol–water partition coefficient (Wildman–Crippen LogP) is 6.84. The summed E-state index contributed by atoms with van der Waals surface area (Å²) in [6, 6.07) is 4.03. The second-order valence-electron chi connectivity index (χ2n) is 10.8. The Hall–Kier alpha value is -1.51. The molecule has 0 bridgehead atoms. The number of benzene rings is 1. The largest absolute Gasteiger partial charge is 0.507 e. The fourth-order valence-electron chi connectivity index (χ4n) is 3.67. The van der Waals surface area contributed by atoms with Crippen molar-refractivity contribution in [1.29, 1.82) is 0 Å². The van der Waals surface area contributed by atoms with Gasteiger partial charge in [0, 0.05) is 0 Å². The predicted molar refractivity (Wildman–Crippen MR) is 118 cm³/mol. The van der Waals surface area contributed by atoms with E-state index in [4.69, 9.17) is 0 Å². The first kappa shape index (κ1) is 24.5. The highest BCUT2D eigenvalue weighted by atomic mass is 16.4. The summed E-state index contributed by atoms with van der Waals surface area (Å²) in [5.41, 5.74) is 2.42. The lowest BCUT2D eigenvalue weighted by Gasteiger charge is -2.28. The van der Waals surface area contributed by atoms with Crippen LogP contribution in [-0.4, -0.2) is 16.2 Å². The molecular weight excluding hydrogens is 348 g/mol. The summed E-state index contributed by atoms with van der Waals surface area (Å²) in [6.45, 7) is 17.0. The first-order chi connectivity index (χ1) is 12.7. The van der Waals surface area contributed by atoms with E-state index in [0.717, 1.165) is 29.5 Å². The van der Waals surface area contributed by atoms with E-state index in [1.807, 2.05) is 12.1 Å². The van der Waals surface area contributed by atoms with Crippen molar-refractivity contribution in [3.05, 3.63) is 28.8 Å². The highest BCUT2D eigenvalue weighted by Crippen LogP contribution is 2.40. The van der Waals surface area contributed by atoms with Crippen molar-refractivity contribution >= 4 is 5.97 Å². The molecule has 0 spiro atoms. The molecule has 28 heavy (non-hydrogen) atoms. The summed E-state index contributed by atoms with van der Waals surface area (Å²) in [5, 5.41) is 20.6. The van der Waals surface area contributed by atoms with E-state index in [2.05, 4.69) is 55.4 Å². The van der Waals surface area contributed by atoms with Crippen molar-refractivity contribution in [3.63, 3.8) is 0 Å². The van der Waals surface area contributed by atoms with Crippen LogP contribution in [0.15, 0.2) is 12.1 Å². The van der Waals surface area contributed by atoms with Crippen molar-refractivity contribution in [3.8, 4) is 5.75 Å². The minimum atomic E-state index is -0.716. The molecular formula is C25H42O3. The van der Waals surface area contributed by atoms with E-state index in [-0.39, 0.29) is 16.7 Å². The summed E-state index contributed by atoms with van der Waals surface area (Å²) >= 11 is 0. The van der Waals surface area contributed by atoms with Crippen LogP contribution in [0.1, 0.15) is 104 Å². The SMILES string of the molecule is CC(C)CCCCCC(Cc1cc(C(C)(C)C)c(O)c(C(C)(C)C)c1)C(=O)O. The van der Waals surface area contributed by atoms with Gasteiger partial charge in [-0.3, -0.25) is 4.79 Å². The second kappa shape index (κ2) is 9.80. The molecule has 0 fully saturated rings. The molecule has 0 aliphatic carbocycles. The van der Waals surface area contributed by atoms with Crippen LogP contribution in [0.25, 0.3) is 0 Å². The van der Waals surface area contributed by atoms with Crippen LogP contribution in [0.4, 0.5) is 0 Å². The van der Waals surface area contributed by atoms with Crippen molar-refractivity contribution in [2.24, 2.45) is 11.8 Å². The molecule has 2 N–H and O–H groups in total. The van der Waals surface area contributed by atoms with Gasteiger partial charge >= 0.3 is 5.97 Å². The quantitative estimate of drug-likeness (QED) is 0.454. The first-order valence-corrected chi connectivity index (χ1v) is 10.8. The molecule has 0 aromatic heterocycles. The Labute approximate surface area is 172 Å². The third-order valence-corrected chi connectivity index (χ3v) is 5.45. The number of carboxylic acids is 1. The lowest BCUT2D eigenvalue weighted by atomic mass is 9.77. The number of carboxylic acid groups (broad SMARTS) is 1. The van der Waals surface area contributed by atoms with Gasteiger partial charge in [0.15, 0.2) is 0 Å². The molecule has 0 saturated carbocycles. The number of aliphatic carboxylic acids is 1. The molecule has 0 heterocycles. The smallest absolute Gasteiger partial charge is 0.306 e. The van der Waals surface area contributed by atoms with Crippen molar-refractivity contribution in [1.82, 2.24) is 0 Å². The summed E-state index contributed by atoms with van der Waals surface area (Å²) in [5.74, 6) is -0.0287. The van der Waals surface area contributed by atoms with Gasteiger partial charge in [0.1, 0.15) is 5.75 Å². The normalized spacial score (nSPS) is 13.8. The fourth-order valence-corrected chi connectivity index (χ4v) is 3.67. The number of phenolic OH excluding ortho intramolecular Hbond substituents is 1. The molecule has 0 radical (unpaired) electrons. The summed E-state index contributed by atoms with van der Waals surface area (Å²) in [7, 11) is 0. The molecule has 3 nitrogen and oxygen atoms in total. The van der Waals surface area contributed by atoms with Gasteiger partial charge in [-0.25, -0.2) is 0 Å². The third kappa shape index (κ3) is 7.48. The van der Waals surface area contributed by atoms with E-state index < -0.39 is 5.97 Å². The van der Waals surface area contributed by atoms with E-state index in [1.165, 1.54) is 12.8 Å². The molecule has 0 aliphatic rings. The Morgan fingerprint density at radius 2 is 1.36 bits per heavy atom. The Kier molecular flexibility index (Phi) is 8.59. The minimum absolute atomic E-state index is 0.199. The molecule has 1 aromatic rings. The van der Waals surface area contributed by atoms with E-state index in [0.29, 0.717) is 24.5 Å². The lowest BCUT2D eigenvalue weighted by Crippen LogP contribution is -2.20. The average Bonchev–Trinajstić information content (AvgIpc) is 2.52. The number of rotatable bonds is 9. The van der Waals surface area contributed by atoms with Crippen LogP contribution in [-0.2, 0) is 22.0 Å². The molecule has 0 aliphatic heterocycles. The van der Waals surface area contributed by atoms with Crippen LogP contribution in [0.3, 0.4) is 0 Å². The van der Waals surface area contributed by atoms with Crippen LogP contribution >= 0.6 is 0 Å². The van der Waals surface area contributed by atoms with Gasteiger partial charge in [-0.1, -0.05) is 93.2 Å². The molecule has 3 heteroatoms. The number of phenols is 1. The first-order valence-electron chi connectivity index (χ1n) is 10.8. The van der Waals surface area contributed by atoms with Crippen molar-refractivity contribution in [2.75, 3.05) is 0 Å². The van der Waals surface area contributed by atoms with Gasteiger partial charge in [0.2, 0.25) is 0 Å². The standard InChI is InChI=1S/C25H42O3/c1-17(2)12-10-9-11-13-19(23(27)28)14-18-15-20(24(3,4)5)22(26)21(16-18)25(6,7)8/h15-17,19,26H,9-14H2,1-8H3,(H,27,28). The van der Waals surface area contributed by atoms with Gasteiger partial charge in [0.25, 0.3) is 0 Å². The van der Waals surface area contributed by atoms with Crippen molar-refractivity contribution < 1.29 is 15.0 Å². The van der Waals surface area contributed by atoms with Gasteiger partial charge in [-0.05, 0) is 46.3 Å². The Morgan fingerprint density at radius 1 is 0.893 bits per heavy atom. The Morgan fingerprint density at radius 3 is 1.75 bits per heavy atom. The number of aromatic hydroxyl groups is 1. The van der Waals surface area contributed by atoms with Crippen LogP contribution in [0, 0.1) is 11.8 Å². The average molecular weight is 391 g/mol. The van der Waals surface area contributed by atoms with Gasteiger partial charge in [-0.15, -0.1) is 0 Å². The van der Waals surface area contributed by atoms with Crippen LogP contribution < -0.4 is 0 Å². The van der Waals surface area contributed by atoms with E-state index in [1.54, 1.807) is 0 Å². The maximum Gasteiger partial charge on any atom is 0.306 e. The molecule has 0 saturated heterocycles. The molecule has 1 aromatic carbocycles. The topological polar surface area (TPSA) is 57.5 Å². The number of hydrogen-bond acceptors (Lipinski definition) is 2. The Balaban J connectivity index is 3.04. The molecule has 1 atom stereocenters. The third-order valence-electron chi connectivity index (χ3n) is 5.45. The minimum Gasteiger partial charge on any atom is -0.507 e. The van der Waals surface area contributed by atoms with E-state index >= 15 is 0 Å². The molecule has 1 unspecified atom stereocenters. The number of hydrogen-bond donors (Lipinski definition) is 2. The number of unbranched alkanes of at least 4 members (excludes halogenated alkanes) is 2. The molecule has 0 amide bonds. The summed E-state index contributed by atoms with van der Waals surface area (Å²) in [6.07, 6.45) is 5.67. The van der Waals surface area contributed by atoms with Crippen molar-refractivity contribution in [2.45, 2.75) is 105 Å². The van der Waals surface area contributed by atoms with Gasteiger partial charge < -0.3 is 10.2 Å². The van der Waals surface area contributed by atoms with Crippen LogP contribution in [0.5, 0.6) is 5.75 Å². The highest BCUT2D eigenvalue weighted by Gasteiger charge is 2.27. The molecule has 160 valence electrons. The zero-order valence-corrected chi connectivity index (χ0v) is 19.4. The summed E-state index contributed by atoms with van der Waals surface area (Å²) < 4.78 is 0. The Bertz CT molecular complexity index is 610. The number of carbonyl (C=O) groups is 1. The monoisotopic (exact) mass is 390 g/mol. The summed E-state index contributed by atoms with van der Waals surface area (Å²) in [4.78, 5) is 11.9. The fraction of sp³-hybridized carbons (Fsp3) is 0.720. The maximum atomic E-state index is 11.9. The maximum absolute atomic E-state index is 11.9. The second-order valence-corrected chi connectivity index (χ2v) is 10.8. The van der Waals surface area contributed by atoms with Crippen LogP contribution in [0.2, 0.25) is 0 Å². The van der Waals surface area contributed by atoms with Gasteiger partial charge in [-0.2, -0.15) is 0 Å². The zero-order valence-electron chi connectivity index (χ0n) is 19.4. The van der Waals surface area contributed by atoms with Gasteiger partial charge in [0.05, 0.1) is 5.92 Å². The highest BCUT2D eigenvalue weighted by molar-refractivity contribution is 5.70. The zero-order chi connectivity index (χ0) is 21.7. The van der Waals surface area contributed by atoms with E-state index in [9.17, 15) is 15.0 Å². The molecule has 1 rings (SSSR count). The lowest BCUT2D eigenvalue weighted by molar-refractivity contribution is -0.142.